The number of carbonyl (C=O) groups excluding carboxylic acids is 3. The lowest BCUT2D eigenvalue weighted by Gasteiger charge is -2.15. The molecule has 0 saturated heterocycles. The van der Waals surface area contributed by atoms with Gasteiger partial charge < -0.3 is 24.5 Å². The van der Waals surface area contributed by atoms with Crippen molar-refractivity contribution >= 4 is 17.8 Å². The number of nitriles is 1. The van der Waals surface area contributed by atoms with Gasteiger partial charge in [0.1, 0.15) is 11.4 Å². The Morgan fingerprint density at radius 2 is 1.55 bits per heavy atom. The van der Waals surface area contributed by atoms with Crippen molar-refractivity contribution in [2.45, 2.75) is 5.92 Å². The van der Waals surface area contributed by atoms with Crippen LogP contribution in [0.5, 0.6) is 5.75 Å². The third-order valence-electron chi connectivity index (χ3n) is 5.06. The second-order valence-corrected chi connectivity index (χ2v) is 6.83. The minimum absolute atomic E-state index is 0.0423. The van der Waals surface area contributed by atoms with Crippen molar-refractivity contribution in [2.75, 3.05) is 21.3 Å². The summed E-state index contributed by atoms with van der Waals surface area (Å²) in [6, 6.07) is 17.2. The van der Waals surface area contributed by atoms with E-state index in [1.54, 1.807) is 54.6 Å². The topological polar surface area (TPSA) is 134 Å². The van der Waals surface area contributed by atoms with E-state index in [9.17, 15) is 19.6 Å². The molecule has 0 saturated carbocycles. The molecule has 33 heavy (non-hydrogen) atoms. The lowest BCUT2D eigenvalue weighted by Crippen LogP contribution is -2.23. The first-order valence-electron chi connectivity index (χ1n) is 9.73. The molecule has 9 heteroatoms. The molecule has 0 fully saturated rings. The van der Waals surface area contributed by atoms with Crippen LogP contribution in [0.25, 0.3) is 16.9 Å². The van der Waals surface area contributed by atoms with Crippen molar-refractivity contribution in [1.29, 1.82) is 5.26 Å². The molecule has 2 aromatic carbocycles. The maximum Gasteiger partial charge on any atom is 0.355 e. The van der Waals surface area contributed by atoms with Crippen LogP contribution in [0.1, 0.15) is 32.3 Å². The number of rotatable bonds is 7. The molecule has 1 heterocycles. The minimum Gasteiger partial charge on any atom is -0.497 e. The van der Waals surface area contributed by atoms with Crippen molar-refractivity contribution in [1.82, 2.24) is 4.57 Å². The molecule has 3 aromatic rings. The normalized spacial score (nSPS) is 11.2. The van der Waals surface area contributed by atoms with Gasteiger partial charge in [-0.1, -0.05) is 30.3 Å². The summed E-state index contributed by atoms with van der Waals surface area (Å²) in [6.07, 6.45) is 0. The molecule has 0 radical (unpaired) electrons. The van der Waals surface area contributed by atoms with Crippen LogP contribution < -0.4 is 10.5 Å². The summed E-state index contributed by atoms with van der Waals surface area (Å²) in [5.41, 5.74) is 6.25. The Morgan fingerprint density at radius 3 is 2.03 bits per heavy atom. The molecule has 1 unspecified atom stereocenters. The van der Waals surface area contributed by atoms with Crippen LogP contribution in [0.3, 0.4) is 0 Å². The quantitative estimate of drug-likeness (QED) is 0.551. The number of nitrogens with two attached hydrogens (primary N) is 1. The lowest BCUT2D eigenvalue weighted by molar-refractivity contribution is -0.118. The average Bonchev–Trinajstić information content (AvgIpc) is 3.19. The van der Waals surface area contributed by atoms with E-state index in [1.807, 2.05) is 6.07 Å². The van der Waals surface area contributed by atoms with Crippen LogP contribution in [0.2, 0.25) is 0 Å². The fourth-order valence-electron chi connectivity index (χ4n) is 3.61. The van der Waals surface area contributed by atoms with Crippen LogP contribution in [0.4, 0.5) is 0 Å². The van der Waals surface area contributed by atoms with Crippen molar-refractivity contribution in [3.05, 3.63) is 71.4 Å². The first kappa shape index (κ1) is 23.1. The molecule has 168 valence electrons. The van der Waals surface area contributed by atoms with Gasteiger partial charge in [0.15, 0.2) is 5.92 Å². The summed E-state index contributed by atoms with van der Waals surface area (Å²) < 4.78 is 16.6. The van der Waals surface area contributed by atoms with Crippen molar-refractivity contribution in [2.24, 2.45) is 5.73 Å². The minimum atomic E-state index is -1.54. The monoisotopic (exact) mass is 447 g/mol. The number of amides is 1. The van der Waals surface area contributed by atoms with Crippen LogP contribution in [0.15, 0.2) is 54.6 Å². The second kappa shape index (κ2) is 9.70. The smallest absolute Gasteiger partial charge is 0.355 e. The van der Waals surface area contributed by atoms with Crippen molar-refractivity contribution in [3.63, 3.8) is 0 Å². The highest BCUT2D eigenvalue weighted by Crippen LogP contribution is 2.40. The molecule has 0 aliphatic rings. The molecule has 0 bridgehead atoms. The van der Waals surface area contributed by atoms with E-state index in [-0.39, 0.29) is 22.5 Å². The fraction of sp³-hybridized carbons (Fsp3) is 0.167. The molecule has 3 rings (SSSR count). The van der Waals surface area contributed by atoms with Crippen LogP contribution >= 0.6 is 0 Å². The van der Waals surface area contributed by atoms with E-state index < -0.39 is 23.8 Å². The number of esters is 2. The Labute approximate surface area is 189 Å². The Balaban J connectivity index is 2.59. The summed E-state index contributed by atoms with van der Waals surface area (Å²) in [5, 5.41) is 9.79. The van der Waals surface area contributed by atoms with Crippen molar-refractivity contribution in [3.8, 4) is 28.8 Å². The van der Waals surface area contributed by atoms with E-state index in [4.69, 9.17) is 19.9 Å². The number of aromatic nitrogens is 1. The highest BCUT2D eigenvalue weighted by Gasteiger charge is 2.38. The SMILES string of the molecule is COC(=O)c1c(C(C#N)C(N)=O)c(-c2ccccc2)n(-c2ccc(OC)cc2)c1C(=O)OC. The van der Waals surface area contributed by atoms with Gasteiger partial charge in [-0.15, -0.1) is 0 Å². The molecule has 1 amide bonds. The Hall–Kier alpha value is -4.58. The number of hydrogen-bond acceptors (Lipinski definition) is 7. The van der Waals surface area contributed by atoms with Crippen LogP contribution in [0, 0.1) is 11.3 Å². The van der Waals surface area contributed by atoms with Gasteiger partial charge in [0.25, 0.3) is 0 Å². The maximum atomic E-state index is 13.0. The number of hydrogen-bond donors (Lipinski definition) is 1. The van der Waals surface area contributed by atoms with Crippen LogP contribution in [-0.2, 0) is 14.3 Å². The standard InChI is InChI=1S/C24H21N3O6/c1-31-16-11-9-15(10-12-16)27-20(14-7-5-4-6-8-14)18(17(13-25)22(26)28)19(23(29)32-2)21(27)24(30)33-3/h4-12,17H,1-3H3,(H2,26,28). The summed E-state index contributed by atoms with van der Waals surface area (Å²) in [7, 11) is 3.80. The molecular weight excluding hydrogens is 426 g/mol. The Morgan fingerprint density at radius 1 is 0.939 bits per heavy atom. The summed E-state index contributed by atoms with van der Waals surface area (Å²) in [4.78, 5) is 38.2. The molecule has 0 spiro atoms. The number of methoxy groups -OCH3 is 3. The highest BCUT2D eigenvalue weighted by molar-refractivity contribution is 6.08. The van der Waals surface area contributed by atoms with Crippen LogP contribution in [-0.4, -0.2) is 43.7 Å². The van der Waals surface area contributed by atoms with E-state index >= 15 is 0 Å². The zero-order chi connectivity index (χ0) is 24.1. The molecule has 1 aromatic heterocycles. The average molecular weight is 447 g/mol. The maximum absolute atomic E-state index is 13.0. The van der Waals surface area contributed by atoms with Gasteiger partial charge in [0.2, 0.25) is 5.91 Å². The number of benzene rings is 2. The predicted octanol–water partition coefficient (Wildman–Crippen LogP) is 2.82. The van der Waals surface area contributed by atoms with E-state index in [1.165, 1.54) is 11.7 Å². The molecular formula is C24H21N3O6. The molecule has 0 aliphatic heterocycles. The third kappa shape index (κ3) is 4.14. The summed E-state index contributed by atoms with van der Waals surface area (Å²) in [5.74, 6) is -3.75. The van der Waals surface area contributed by atoms with Gasteiger partial charge in [-0.3, -0.25) is 4.79 Å². The first-order chi connectivity index (χ1) is 15.9. The number of primary amides is 1. The first-order valence-corrected chi connectivity index (χ1v) is 9.73. The van der Waals surface area contributed by atoms with Gasteiger partial charge >= 0.3 is 11.9 Å². The molecule has 2 N–H and O–H groups in total. The van der Waals surface area contributed by atoms with Gasteiger partial charge in [-0.2, -0.15) is 5.26 Å². The van der Waals surface area contributed by atoms with Gasteiger partial charge in [-0.05, 0) is 29.8 Å². The Bertz CT molecular complexity index is 1240. The number of carbonyl (C=O) groups is 3. The van der Waals surface area contributed by atoms with Gasteiger partial charge in [0.05, 0.1) is 38.7 Å². The zero-order valence-corrected chi connectivity index (χ0v) is 18.2. The van der Waals surface area contributed by atoms with Gasteiger partial charge in [-0.25, -0.2) is 9.59 Å². The molecule has 1 atom stereocenters. The third-order valence-corrected chi connectivity index (χ3v) is 5.06. The Kier molecular flexibility index (Phi) is 6.79. The number of ether oxygens (including phenoxy) is 3. The predicted molar refractivity (Wildman–Crippen MR) is 118 cm³/mol. The van der Waals surface area contributed by atoms with Crippen molar-refractivity contribution < 1.29 is 28.6 Å². The van der Waals surface area contributed by atoms with E-state index in [0.717, 1.165) is 14.2 Å². The molecule has 9 nitrogen and oxygen atoms in total. The van der Waals surface area contributed by atoms with E-state index in [0.29, 0.717) is 17.0 Å². The largest absolute Gasteiger partial charge is 0.497 e. The number of nitrogens with zero attached hydrogens (tertiary/aromatic N) is 2. The molecule has 0 aliphatic carbocycles. The fourth-order valence-corrected chi connectivity index (χ4v) is 3.61. The highest BCUT2D eigenvalue weighted by atomic mass is 16.5. The summed E-state index contributed by atoms with van der Waals surface area (Å²) in [6.45, 7) is 0. The van der Waals surface area contributed by atoms with Gasteiger partial charge in [0, 0.05) is 11.3 Å². The lowest BCUT2D eigenvalue weighted by atomic mass is 9.92. The summed E-state index contributed by atoms with van der Waals surface area (Å²) >= 11 is 0. The second-order valence-electron chi connectivity index (χ2n) is 6.83. The van der Waals surface area contributed by atoms with E-state index in [2.05, 4.69) is 0 Å². The zero-order valence-electron chi connectivity index (χ0n) is 18.2.